The van der Waals surface area contributed by atoms with Crippen LogP contribution in [0.25, 0.3) is 0 Å². The van der Waals surface area contributed by atoms with E-state index in [1.807, 2.05) is 0 Å². The minimum absolute atomic E-state index is 0.754. The molecule has 0 bridgehead atoms. The molecule has 128 valence electrons. The number of hydrogen-bond donors (Lipinski definition) is 0. The van der Waals surface area contributed by atoms with Gasteiger partial charge >= 0.3 is 33.0 Å². The van der Waals surface area contributed by atoms with E-state index in [0.29, 0.717) is 0 Å². The number of halogens is 6. The van der Waals surface area contributed by atoms with Gasteiger partial charge in [0.2, 0.25) is 0 Å². The molecular weight excluding hydrogens is 321 g/mol. The van der Waals surface area contributed by atoms with E-state index in [-0.39, 0.29) is 0 Å². The maximum atomic E-state index is 9.87. The second-order valence-electron chi connectivity index (χ2n) is 4.62. The molecule has 0 aliphatic rings. The zero-order valence-corrected chi connectivity index (χ0v) is 14.2. The van der Waals surface area contributed by atoms with Gasteiger partial charge < -0.3 is 0 Å². The van der Waals surface area contributed by atoms with Crippen molar-refractivity contribution in [2.45, 2.75) is 59.3 Å². The molecular formula is C12H27F6PS. The summed E-state index contributed by atoms with van der Waals surface area (Å²) in [6.45, 7) is 6.96. The molecule has 8 heteroatoms. The van der Waals surface area contributed by atoms with Crippen LogP contribution < -0.4 is 0 Å². The SMILES string of the molecule is CCCCCCCC[S+](CC)CC.F[P-](F)(F)(F)(F)F. The Morgan fingerprint density at radius 3 is 1.35 bits per heavy atom. The van der Waals surface area contributed by atoms with Crippen LogP contribution in [0.4, 0.5) is 25.2 Å². The fourth-order valence-electron chi connectivity index (χ4n) is 1.58. The van der Waals surface area contributed by atoms with Crippen LogP contribution in [-0.4, -0.2) is 17.3 Å². The fraction of sp³-hybridized carbons (Fsp3) is 1.00. The zero-order chi connectivity index (χ0) is 16.3. The van der Waals surface area contributed by atoms with Gasteiger partial charge in [0, 0.05) is 0 Å². The van der Waals surface area contributed by atoms with E-state index in [1.54, 1.807) is 0 Å². The van der Waals surface area contributed by atoms with Gasteiger partial charge in [-0.3, -0.25) is 0 Å². The van der Waals surface area contributed by atoms with Crippen molar-refractivity contribution in [3.05, 3.63) is 0 Å². The van der Waals surface area contributed by atoms with Crippen molar-refractivity contribution < 1.29 is 25.2 Å². The molecule has 0 atom stereocenters. The molecule has 0 aliphatic carbocycles. The molecule has 0 aromatic heterocycles. The first-order chi connectivity index (χ1) is 8.80. The summed E-state index contributed by atoms with van der Waals surface area (Å²) in [5.74, 6) is 4.32. The summed E-state index contributed by atoms with van der Waals surface area (Å²) >= 11 is 0. The van der Waals surface area contributed by atoms with Crippen LogP contribution in [0.2, 0.25) is 0 Å². The Morgan fingerprint density at radius 2 is 1.00 bits per heavy atom. The van der Waals surface area contributed by atoms with Crippen molar-refractivity contribution in [2.24, 2.45) is 0 Å². The monoisotopic (exact) mass is 348 g/mol. The van der Waals surface area contributed by atoms with Crippen LogP contribution in [0.5, 0.6) is 0 Å². The molecule has 0 aliphatic heterocycles. The number of unbranched alkanes of at least 4 members (excludes halogenated alkanes) is 5. The molecule has 0 rings (SSSR count). The van der Waals surface area contributed by atoms with Gasteiger partial charge in [0.1, 0.15) is 17.3 Å². The van der Waals surface area contributed by atoms with Gasteiger partial charge in [-0.1, -0.05) is 32.6 Å². The summed E-state index contributed by atoms with van der Waals surface area (Å²) in [5, 5.41) is 0. The average Bonchev–Trinajstić information content (AvgIpc) is 2.24. The molecule has 0 spiro atoms. The second kappa shape index (κ2) is 8.72. The van der Waals surface area contributed by atoms with E-state index in [9.17, 15) is 25.2 Å². The van der Waals surface area contributed by atoms with Crippen LogP contribution in [-0.2, 0) is 10.9 Å². The fourth-order valence-corrected chi connectivity index (χ4v) is 3.18. The predicted molar refractivity (Wildman–Crippen MR) is 80.3 cm³/mol. The van der Waals surface area contributed by atoms with Crippen molar-refractivity contribution in [2.75, 3.05) is 17.3 Å². The summed E-state index contributed by atoms with van der Waals surface area (Å²) in [4.78, 5) is 0. The Morgan fingerprint density at radius 1 is 0.650 bits per heavy atom. The second-order valence-corrected chi connectivity index (χ2v) is 9.32. The van der Waals surface area contributed by atoms with Gasteiger partial charge in [0.05, 0.1) is 0 Å². The van der Waals surface area contributed by atoms with Crippen molar-refractivity contribution in [1.29, 1.82) is 0 Å². The first-order valence-electron chi connectivity index (χ1n) is 7.00. The third kappa shape index (κ3) is 36.2. The molecule has 0 N–H and O–H groups in total. The molecule has 0 saturated heterocycles. The molecule has 0 nitrogen and oxygen atoms in total. The van der Waals surface area contributed by atoms with Crippen LogP contribution >= 0.6 is 7.81 Å². The van der Waals surface area contributed by atoms with Crippen molar-refractivity contribution >= 4 is 18.7 Å². The Labute approximate surface area is 121 Å². The van der Waals surface area contributed by atoms with Crippen LogP contribution in [0.3, 0.4) is 0 Å². The molecule has 0 unspecified atom stereocenters. The first-order valence-corrected chi connectivity index (χ1v) is 10.8. The van der Waals surface area contributed by atoms with E-state index >= 15 is 0 Å². The van der Waals surface area contributed by atoms with Gasteiger partial charge in [-0.2, -0.15) is 0 Å². The molecule has 0 radical (unpaired) electrons. The molecule has 0 saturated carbocycles. The van der Waals surface area contributed by atoms with E-state index in [1.165, 1.54) is 55.8 Å². The van der Waals surface area contributed by atoms with Crippen molar-refractivity contribution in [1.82, 2.24) is 0 Å². The molecule has 20 heavy (non-hydrogen) atoms. The Hall–Kier alpha value is 0.360. The Kier molecular flexibility index (Phi) is 9.87. The molecule has 0 amide bonds. The molecule has 0 heterocycles. The number of hydrogen-bond acceptors (Lipinski definition) is 0. The standard InChI is InChI=1S/C12H27S.F6P/c1-4-7-8-9-10-11-12-13(5-2)6-3;1-7(2,3,4,5)6/h4-12H2,1-3H3;/q+1;-1. The van der Waals surface area contributed by atoms with Crippen LogP contribution in [0.1, 0.15) is 59.3 Å². The van der Waals surface area contributed by atoms with E-state index in [0.717, 1.165) is 10.9 Å². The summed E-state index contributed by atoms with van der Waals surface area (Å²) in [5.41, 5.74) is 0. The van der Waals surface area contributed by atoms with Gasteiger partial charge in [0.15, 0.2) is 0 Å². The van der Waals surface area contributed by atoms with Crippen LogP contribution in [0.15, 0.2) is 0 Å². The maximum absolute atomic E-state index is 10.7. The van der Waals surface area contributed by atoms with Gasteiger partial charge in [-0.15, -0.1) is 0 Å². The number of rotatable bonds is 9. The summed E-state index contributed by atoms with van der Waals surface area (Å²) in [7, 11) is -9.90. The van der Waals surface area contributed by atoms with E-state index in [2.05, 4.69) is 20.8 Å². The van der Waals surface area contributed by atoms with E-state index in [4.69, 9.17) is 0 Å². The molecule has 0 fully saturated rings. The summed E-state index contributed by atoms with van der Waals surface area (Å²) in [6.07, 6.45) is 8.70. The molecule has 0 aromatic rings. The third-order valence-electron chi connectivity index (χ3n) is 2.60. The Balaban J connectivity index is 0. The van der Waals surface area contributed by atoms with Crippen LogP contribution in [0, 0.1) is 0 Å². The molecule has 0 aromatic carbocycles. The van der Waals surface area contributed by atoms with Gasteiger partial charge in [-0.05, 0) is 37.6 Å². The zero-order valence-electron chi connectivity index (χ0n) is 12.5. The minimum atomic E-state index is -10.7. The first kappa shape index (κ1) is 22.6. The normalized spacial score (nSPS) is 15.3. The van der Waals surface area contributed by atoms with Crippen molar-refractivity contribution in [3.63, 3.8) is 0 Å². The topological polar surface area (TPSA) is 0 Å². The Bertz CT molecular complexity index is 222. The van der Waals surface area contributed by atoms with Gasteiger partial charge in [0.25, 0.3) is 0 Å². The van der Waals surface area contributed by atoms with Crippen molar-refractivity contribution in [3.8, 4) is 0 Å². The quantitative estimate of drug-likeness (QED) is 0.176. The summed E-state index contributed by atoms with van der Waals surface area (Å²) in [6, 6.07) is 0. The average molecular weight is 348 g/mol. The summed E-state index contributed by atoms with van der Waals surface area (Å²) < 4.78 is 59.2. The van der Waals surface area contributed by atoms with E-state index < -0.39 is 7.81 Å². The predicted octanol–water partition coefficient (Wildman–Crippen LogP) is 7.39. The third-order valence-corrected chi connectivity index (χ3v) is 5.10. The van der Waals surface area contributed by atoms with Gasteiger partial charge in [-0.25, -0.2) is 0 Å².